The van der Waals surface area contributed by atoms with Gasteiger partial charge in [0.15, 0.2) is 17.3 Å². The van der Waals surface area contributed by atoms with Crippen LogP contribution in [0.4, 0.5) is 0 Å². The van der Waals surface area contributed by atoms with Gasteiger partial charge in [-0.3, -0.25) is 0 Å². The molecule has 6 nitrogen and oxygen atoms in total. The zero-order valence-electron chi connectivity index (χ0n) is 12.3. The smallest absolute Gasteiger partial charge is 0.235 e. The van der Waals surface area contributed by atoms with E-state index in [0.717, 1.165) is 21.4 Å². The van der Waals surface area contributed by atoms with Crippen LogP contribution >= 0.6 is 11.3 Å². The molecule has 0 fully saturated rings. The van der Waals surface area contributed by atoms with E-state index in [0.29, 0.717) is 5.75 Å². The number of phenols is 1. The molecule has 7 heteroatoms. The molecule has 2 aromatic heterocycles. The number of fused-ring (bicyclic) bond motifs is 1. The highest BCUT2D eigenvalue weighted by molar-refractivity contribution is 7.19. The van der Waals surface area contributed by atoms with Crippen LogP contribution < -0.4 is 4.74 Å². The number of hydrogen-bond acceptors (Lipinski definition) is 6. The second kappa shape index (κ2) is 4.70. The van der Waals surface area contributed by atoms with Crippen molar-refractivity contribution in [2.45, 2.75) is 26.2 Å². The van der Waals surface area contributed by atoms with Crippen LogP contribution in [0, 0.1) is 0 Å². The minimum atomic E-state index is -0.132. The average molecular weight is 304 g/mol. The molecule has 0 aliphatic heterocycles. The Bertz CT molecular complexity index is 801. The van der Waals surface area contributed by atoms with Gasteiger partial charge in [0.05, 0.1) is 7.11 Å². The van der Waals surface area contributed by atoms with Gasteiger partial charge in [-0.05, 0) is 18.2 Å². The SMILES string of the molecule is COc1ccc(-c2nn3c(C(C)(C)C)nnc3s2)cc1O. The Morgan fingerprint density at radius 1 is 1.24 bits per heavy atom. The summed E-state index contributed by atoms with van der Waals surface area (Å²) in [6.45, 7) is 6.21. The van der Waals surface area contributed by atoms with Crippen LogP contribution in [0.1, 0.15) is 26.6 Å². The molecule has 110 valence electrons. The number of aromatic nitrogens is 4. The lowest BCUT2D eigenvalue weighted by Gasteiger charge is -2.13. The van der Waals surface area contributed by atoms with Gasteiger partial charge in [0.2, 0.25) is 4.96 Å². The third-order valence-electron chi connectivity index (χ3n) is 3.09. The summed E-state index contributed by atoms with van der Waals surface area (Å²) in [4.78, 5) is 0.741. The molecule has 1 aromatic carbocycles. The first kappa shape index (κ1) is 13.8. The Balaban J connectivity index is 2.09. The molecular weight excluding hydrogens is 288 g/mol. The van der Waals surface area contributed by atoms with Crippen LogP contribution in [0.15, 0.2) is 18.2 Å². The number of ether oxygens (including phenoxy) is 1. The number of benzene rings is 1. The molecular formula is C14H16N4O2S. The lowest BCUT2D eigenvalue weighted by atomic mass is 9.96. The normalized spacial score (nSPS) is 12.0. The minimum Gasteiger partial charge on any atom is -0.504 e. The van der Waals surface area contributed by atoms with E-state index in [1.165, 1.54) is 18.4 Å². The number of nitrogens with zero attached hydrogens (tertiary/aromatic N) is 4. The molecule has 0 aliphatic carbocycles. The maximum atomic E-state index is 9.88. The van der Waals surface area contributed by atoms with E-state index in [1.54, 1.807) is 16.6 Å². The van der Waals surface area contributed by atoms with Crippen molar-refractivity contribution >= 4 is 16.3 Å². The van der Waals surface area contributed by atoms with Crippen molar-refractivity contribution in [2.75, 3.05) is 7.11 Å². The summed E-state index contributed by atoms with van der Waals surface area (Å²) < 4.78 is 6.81. The summed E-state index contributed by atoms with van der Waals surface area (Å²) in [5.74, 6) is 1.35. The number of aromatic hydroxyl groups is 1. The molecule has 21 heavy (non-hydrogen) atoms. The fraction of sp³-hybridized carbons (Fsp3) is 0.357. The second-order valence-electron chi connectivity index (χ2n) is 5.76. The van der Waals surface area contributed by atoms with Gasteiger partial charge in [-0.25, -0.2) is 0 Å². The van der Waals surface area contributed by atoms with Gasteiger partial charge in [0.25, 0.3) is 0 Å². The third-order valence-corrected chi connectivity index (χ3v) is 4.04. The van der Waals surface area contributed by atoms with Crippen LogP contribution in [0.2, 0.25) is 0 Å². The van der Waals surface area contributed by atoms with Crippen LogP contribution in [0.5, 0.6) is 11.5 Å². The van der Waals surface area contributed by atoms with Crippen molar-refractivity contribution in [3.05, 3.63) is 24.0 Å². The van der Waals surface area contributed by atoms with Gasteiger partial charge in [-0.1, -0.05) is 32.1 Å². The summed E-state index contributed by atoms with van der Waals surface area (Å²) in [5, 5.41) is 23.6. The number of rotatable bonds is 2. The molecule has 0 bridgehead atoms. The van der Waals surface area contributed by atoms with Gasteiger partial charge in [-0.2, -0.15) is 9.61 Å². The largest absolute Gasteiger partial charge is 0.504 e. The molecule has 2 heterocycles. The third kappa shape index (κ3) is 2.33. The Kier molecular flexibility index (Phi) is 3.09. The minimum absolute atomic E-state index is 0.0945. The average Bonchev–Trinajstić information content (AvgIpc) is 2.96. The van der Waals surface area contributed by atoms with Gasteiger partial charge in [0.1, 0.15) is 5.01 Å². The maximum Gasteiger partial charge on any atom is 0.235 e. The Morgan fingerprint density at radius 2 is 2.00 bits per heavy atom. The molecule has 0 spiro atoms. The van der Waals surface area contributed by atoms with Crippen LogP contribution in [-0.4, -0.2) is 32.0 Å². The second-order valence-corrected chi connectivity index (χ2v) is 6.72. The van der Waals surface area contributed by atoms with E-state index in [2.05, 4.69) is 36.1 Å². The number of phenolic OH excluding ortho intramolecular Hbond substituents is 1. The van der Waals surface area contributed by atoms with Crippen LogP contribution in [0.3, 0.4) is 0 Å². The van der Waals surface area contributed by atoms with Crippen molar-refractivity contribution in [2.24, 2.45) is 0 Å². The van der Waals surface area contributed by atoms with Gasteiger partial charge >= 0.3 is 0 Å². The summed E-state index contributed by atoms with van der Waals surface area (Å²) in [7, 11) is 1.52. The van der Waals surface area contributed by atoms with E-state index in [1.807, 2.05) is 6.07 Å². The molecule has 0 atom stereocenters. The van der Waals surface area contributed by atoms with E-state index in [-0.39, 0.29) is 11.2 Å². The Labute approximate surface area is 126 Å². The van der Waals surface area contributed by atoms with E-state index >= 15 is 0 Å². The Hall–Kier alpha value is -2.15. The zero-order valence-corrected chi connectivity index (χ0v) is 13.1. The van der Waals surface area contributed by atoms with E-state index < -0.39 is 0 Å². The van der Waals surface area contributed by atoms with Crippen molar-refractivity contribution < 1.29 is 9.84 Å². The molecule has 0 unspecified atom stereocenters. The predicted molar refractivity (Wildman–Crippen MR) is 81.0 cm³/mol. The molecule has 0 saturated heterocycles. The first-order valence-electron chi connectivity index (χ1n) is 6.50. The van der Waals surface area contributed by atoms with Gasteiger partial charge < -0.3 is 9.84 Å². The van der Waals surface area contributed by atoms with E-state index in [4.69, 9.17) is 4.74 Å². The molecule has 0 amide bonds. The van der Waals surface area contributed by atoms with E-state index in [9.17, 15) is 5.11 Å². The molecule has 0 saturated carbocycles. The highest BCUT2D eigenvalue weighted by Crippen LogP contribution is 2.34. The fourth-order valence-corrected chi connectivity index (χ4v) is 2.86. The van der Waals surface area contributed by atoms with Gasteiger partial charge in [0, 0.05) is 11.0 Å². The zero-order chi connectivity index (χ0) is 15.2. The van der Waals surface area contributed by atoms with Crippen molar-refractivity contribution in [1.82, 2.24) is 19.8 Å². The molecule has 0 aliphatic rings. The molecule has 0 radical (unpaired) electrons. The topological polar surface area (TPSA) is 72.5 Å². The van der Waals surface area contributed by atoms with Crippen molar-refractivity contribution in [3.8, 4) is 22.1 Å². The lowest BCUT2D eigenvalue weighted by molar-refractivity contribution is 0.373. The standard InChI is InChI=1S/C14H16N4O2S/c1-14(2,3)12-15-16-13-18(12)17-11(21-13)8-5-6-10(20-4)9(19)7-8/h5-7,19H,1-4H3. The monoisotopic (exact) mass is 304 g/mol. The first-order chi connectivity index (χ1) is 9.90. The highest BCUT2D eigenvalue weighted by atomic mass is 32.1. The number of methoxy groups -OCH3 is 1. The maximum absolute atomic E-state index is 9.88. The van der Waals surface area contributed by atoms with Crippen LogP contribution in [-0.2, 0) is 5.41 Å². The molecule has 3 rings (SSSR count). The summed E-state index contributed by atoms with van der Waals surface area (Å²) in [6, 6.07) is 5.22. The van der Waals surface area contributed by atoms with Crippen molar-refractivity contribution in [1.29, 1.82) is 0 Å². The first-order valence-corrected chi connectivity index (χ1v) is 7.32. The Morgan fingerprint density at radius 3 is 2.62 bits per heavy atom. The summed E-state index contributed by atoms with van der Waals surface area (Å²) in [6.07, 6.45) is 0. The number of hydrogen-bond donors (Lipinski definition) is 1. The fourth-order valence-electron chi connectivity index (χ4n) is 2.02. The van der Waals surface area contributed by atoms with Crippen LogP contribution in [0.25, 0.3) is 15.5 Å². The van der Waals surface area contributed by atoms with Gasteiger partial charge in [-0.15, -0.1) is 10.2 Å². The highest BCUT2D eigenvalue weighted by Gasteiger charge is 2.23. The molecule has 1 N–H and O–H groups in total. The quantitative estimate of drug-likeness (QED) is 0.788. The molecule has 3 aromatic rings. The predicted octanol–water partition coefficient (Wildman–Crippen LogP) is 2.86. The van der Waals surface area contributed by atoms with Crippen molar-refractivity contribution in [3.63, 3.8) is 0 Å². The summed E-state index contributed by atoms with van der Waals surface area (Å²) in [5.41, 5.74) is 0.691. The lowest BCUT2D eigenvalue weighted by Crippen LogP contribution is -2.16. The summed E-state index contributed by atoms with van der Waals surface area (Å²) >= 11 is 1.44.